The average Bonchev–Trinajstić information content (AvgIpc) is 2.98. The van der Waals surface area contributed by atoms with Crippen molar-refractivity contribution in [2.75, 3.05) is 61.5 Å². The first kappa shape index (κ1) is 30.1. The fraction of sp³-hybridized carbons (Fsp3) is 0.333. The van der Waals surface area contributed by atoms with Crippen LogP contribution in [0.2, 0.25) is 0 Å². The lowest BCUT2D eigenvalue weighted by Gasteiger charge is -2.20. The van der Waals surface area contributed by atoms with Gasteiger partial charge in [-0.15, -0.1) is 0 Å². The van der Waals surface area contributed by atoms with Crippen LogP contribution in [0.1, 0.15) is 25.3 Å². The first-order valence-electron chi connectivity index (χ1n) is 13.6. The van der Waals surface area contributed by atoms with Crippen molar-refractivity contribution in [1.29, 1.82) is 0 Å². The van der Waals surface area contributed by atoms with Gasteiger partial charge >= 0.3 is 0 Å². The molecule has 1 heterocycles. The molecule has 0 fully saturated rings. The van der Waals surface area contributed by atoms with E-state index in [2.05, 4.69) is 31.3 Å². The monoisotopic (exact) mass is 572 g/mol. The predicted octanol–water partition coefficient (Wildman–Crippen LogP) is 2.86. The summed E-state index contributed by atoms with van der Waals surface area (Å²) in [6, 6.07) is 6.59. The van der Waals surface area contributed by atoms with E-state index >= 15 is 0 Å². The number of nitrogens with one attached hydrogen (secondary N) is 4. The summed E-state index contributed by atoms with van der Waals surface area (Å²) < 4.78 is 10.7. The highest BCUT2D eigenvalue weighted by molar-refractivity contribution is 5.94. The van der Waals surface area contributed by atoms with Gasteiger partial charge in [0, 0.05) is 38.8 Å². The second kappa shape index (κ2) is 13.7. The Bertz CT molecular complexity index is 1910. The van der Waals surface area contributed by atoms with Crippen molar-refractivity contribution in [3.05, 3.63) is 98.6 Å². The Morgan fingerprint density at radius 3 is 2.29 bits per heavy atom. The maximum Gasteiger partial charge on any atom is 0.233 e. The molecule has 0 saturated heterocycles. The van der Waals surface area contributed by atoms with Crippen LogP contribution in [0.15, 0.2) is 49.5 Å². The van der Waals surface area contributed by atoms with Crippen LogP contribution in [0, 0.1) is 23.9 Å². The van der Waals surface area contributed by atoms with E-state index in [0.717, 1.165) is 18.6 Å². The van der Waals surface area contributed by atoms with Crippen LogP contribution < -0.4 is 43.2 Å². The van der Waals surface area contributed by atoms with E-state index in [4.69, 9.17) is 16.0 Å². The Morgan fingerprint density at radius 2 is 1.60 bits per heavy atom. The van der Waals surface area contributed by atoms with Gasteiger partial charge < -0.3 is 25.5 Å². The predicted molar refractivity (Wildman–Crippen MR) is 164 cm³/mol. The Balaban J connectivity index is 1.76. The summed E-state index contributed by atoms with van der Waals surface area (Å²) in [4.78, 5) is 59.9. The van der Waals surface area contributed by atoms with E-state index in [9.17, 15) is 19.2 Å². The second-order valence-corrected chi connectivity index (χ2v) is 9.53. The molecular weight excluding hydrogens is 540 g/mol. The van der Waals surface area contributed by atoms with Gasteiger partial charge in [-0.05, 0) is 43.5 Å². The number of rotatable bonds is 14. The fourth-order valence-corrected chi connectivity index (χ4v) is 4.63. The maximum atomic E-state index is 13.5. The lowest BCUT2D eigenvalue weighted by atomic mass is 10.0. The number of hydrazine groups is 1. The number of nitrogens with zero attached hydrogens (tertiary/aromatic N) is 2. The third kappa shape index (κ3) is 6.07. The van der Waals surface area contributed by atoms with Gasteiger partial charge in [0.2, 0.25) is 11.1 Å². The molecule has 1 aromatic carbocycles. The number of aromatic nitrogens is 1. The summed E-state index contributed by atoms with van der Waals surface area (Å²) >= 11 is 0. The third-order valence-corrected chi connectivity index (χ3v) is 6.67. The molecule has 218 valence electrons. The molecule has 4 rings (SSSR count). The fourth-order valence-electron chi connectivity index (χ4n) is 4.63. The largest absolute Gasteiger partial charge is 0.383 e. The summed E-state index contributed by atoms with van der Waals surface area (Å²) in [6.07, 6.45) is 1.64. The van der Waals surface area contributed by atoms with Gasteiger partial charge in [-0.25, -0.2) is 9.83 Å². The molecule has 0 aliphatic heterocycles. The van der Waals surface area contributed by atoms with Gasteiger partial charge in [0.1, 0.15) is 5.82 Å². The molecule has 42 heavy (non-hydrogen) atoms. The van der Waals surface area contributed by atoms with Crippen LogP contribution in [0.4, 0.5) is 28.7 Å². The number of hydrogen-bond donors (Lipinski definition) is 4. The molecule has 0 amide bonds. The molecule has 0 atom stereocenters. The van der Waals surface area contributed by atoms with Crippen LogP contribution in [-0.4, -0.2) is 45.0 Å². The zero-order chi connectivity index (χ0) is 30.2. The Hall–Kier alpha value is -4.86. The minimum absolute atomic E-state index is 0.0156. The van der Waals surface area contributed by atoms with Gasteiger partial charge in [0.15, 0.2) is 22.1 Å². The first-order chi connectivity index (χ1) is 20.3. The highest BCUT2D eigenvalue weighted by Gasteiger charge is 2.19. The van der Waals surface area contributed by atoms with Crippen molar-refractivity contribution in [3.63, 3.8) is 0 Å². The van der Waals surface area contributed by atoms with Crippen LogP contribution in [0.3, 0.4) is 0 Å². The van der Waals surface area contributed by atoms with E-state index in [1.54, 1.807) is 26.2 Å². The molecule has 2 aromatic rings. The number of ether oxygens (including phenoxy) is 2. The van der Waals surface area contributed by atoms with Crippen molar-refractivity contribution >= 4 is 39.5 Å². The lowest BCUT2D eigenvalue weighted by molar-refractivity contribution is 0.134. The molecular formula is C30H32N6O6. The molecule has 0 spiro atoms. The summed E-state index contributed by atoms with van der Waals surface area (Å²) in [5.41, 5.74) is 4.81. The second-order valence-electron chi connectivity index (χ2n) is 9.53. The van der Waals surface area contributed by atoms with Gasteiger partial charge in [-0.2, -0.15) is 0 Å². The van der Waals surface area contributed by atoms with Gasteiger partial charge in [-0.1, -0.05) is 19.1 Å². The average molecular weight is 573 g/mol. The van der Waals surface area contributed by atoms with Crippen LogP contribution in [0.5, 0.6) is 0 Å². The number of methoxy groups -OCH3 is 1. The number of hydrogen-bond acceptors (Lipinski definition) is 11. The molecule has 12 heteroatoms. The molecule has 4 N–H and O–H groups in total. The molecule has 0 bridgehead atoms. The van der Waals surface area contributed by atoms with Crippen molar-refractivity contribution in [2.45, 2.75) is 26.7 Å². The van der Waals surface area contributed by atoms with Crippen LogP contribution in [0.25, 0.3) is 15.6 Å². The van der Waals surface area contributed by atoms with Gasteiger partial charge in [0.25, 0.3) is 0 Å². The standard InChI is InChI=1S/C30H32N6O6/c1-5-14-42-15-7-12-32-30-26(17(2)25(31-3)29(34-30)33-13-16-41-4)36-35-19-9-6-8-18-22(19)28(40)24-21(38)11-10-20(37)23(24)27(18)39/h6,8-11,35-36H,5,7,12-16H2,1-2,4H3,(H2,32,33,34). The molecule has 1 aromatic heterocycles. The van der Waals surface area contributed by atoms with Crippen LogP contribution in [-0.2, 0) is 9.47 Å². The minimum atomic E-state index is -0.716. The van der Waals surface area contributed by atoms with Crippen LogP contribution >= 0.6 is 0 Å². The van der Waals surface area contributed by atoms with E-state index in [1.807, 2.05) is 6.92 Å². The Morgan fingerprint density at radius 1 is 0.881 bits per heavy atom. The Kier molecular flexibility index (Phi) is 9.80. The zero-order valence-corrected chi connectivity index (χ0v) is 23.7. The molecule has 0 radical (unpaired) electrons. The van der Waals surface area contributed by atoms with E-state index in [-0.39, 0.29) is 16.5 Å². The number of pyridine rings is 1. The molecule has 0 saturated carbocycles. The number of anilines is 4. The van der Waals surface area contributed by atoms with Crippen molar-refractivity contribution in [3.8, 4) is 0 Å². The smallest absolute Gasteiger partial charge is 0.233 e. The SMILES string of the molecule is [C-]#[N+]c1c(NCCOC)nc(NCCCOCCC)c(NNc2cccc3c(=O)c4c(=O)ccc(=O)c=4c(=O)c23)c1C. The summed E-state index contributed by atoms with van der Waals surface area (Å²) in [6.45, 7) is 14.2. The van der Waals surface area contributed by atoms with Crippen molar-refractivity contribution < 1.29 is 9.47 Å². The minimum Gasteiger partial charge on any atom is -0.383 e. The van der Waals surface area contributed by atoms with Crippen molar-refractivity contribution in [1.82, 2.24) is 4.98 Å². The molecule has 2 aliphatic rings. The molecule has 12 nitrogen and oxygen atoms in total. The topological polar surface area (TPSA) is 152 Å². The van der Waals surface area contributed by atoms with Gasteiger partial charge in [0.05, 0.1) is 40.4 Å². The first-order valence-corrected chi connectivity index (χ1v) is 13.6. The third-order valence-electron chi connectivity index (χ3n) is 6.67. The lowest BCUT2D eigenvalue weighted by Crippen LogP contribution is -2.28. The summed E-state index contributed by atoms with van der Waals surface area (Å²) in [5, 5.41) is 5.58. The molecule has 0 unspecified atom stereocenters. The molecule has 2 aliphatic carbocycles. The zero-order valence-electron chi connectivity index (χ0n) is 23.7. The summed E-state index contributed by atoms with van der Waals surface area (Å²) in [7, 11) is 1.58. The quantitative estimate of drug-likeness (QED) is 0.100. The maximum absolute atomic E-state index is 13.5. The van der Waals surface area contributed by atoms with E-state index < -0.39 is 32.2 Å². The Labute approximate surface area is 240 Å². The number of benzene rings is 1. The number of fused-ring (bicyclic) bond motifs is 1. The van der Waals surface area contributed by atoms with E-state index in [1.165, 1.54) is 6.07 Å². The summed E-state index contributed by atoms with van der Waals surface area (Å²) in [5.74, 6) is 0.832. The van der Waals surface area contributed by atoms with E-state index in [0.29, 0.717) is 67.9 Å². The van der Waals surface area contributed by atoms with Crippen molar-refractivity contribution in [2.24, 2.45) is 0 Å². The highest BCUT2D eigenvalue weighted by atomic mass is 16.5. The highest BCUT2D eigenvalue weighted by Crippen LogP contribution is 2.37. The normalized spacial score (nSPS) is 11.0. The van der Waals surface area contributed by atoms with Gasteiger partial charge in [-0.3, -0.25) is 24.6 Å².